The summed E-state index contributed by atoms with van der Waals surface area (Å²) in [7, 11) is 1.60. The van der Waals surface area contributed by atoms with Crippen LogP contribution in [0, 0.1) is 6.07 Å². The van der Waals surface area contributed by atoms with Gasteiger partial charge in [-0.25, -0.2) is 0 Å². The molecule has 0 heterocycles. The minimum atomic E-state index is -0.113. The summed E-state index contributed by atoms with van der Waals surface area (Å²) in [6, 6.07) is 8.06. The number of nitrogens with one attached hydrogen (secondary N) is 1. The third-order valence-corrected chi connectivity index (χ3v) is 1.74. The van der Waals surface area contributed by atoms with E-state index in [9.17, 15) is 4.79 Å². The first-order chi connectivity index (χ1) is 5.24. The lowest BCUT2D eigenvalue weighted by molar-refractivity contribution is 0.0963. The van der Waals surface area contributed by atoms with Crippen molar-refractivity contribution < 1.29 is 4.79 Å². The molecule has 3 heteroatoms. The molecule has 2 nitrogen and oxygen atoms in total. The van der Waals surface area contributed by atoms with Crippen molar-refractivity contribution in [3.63, 3.8) is 0 Å². The molecule has 1 aromatic carbocycles. The molecule has 1 rings (SSSR count). The van der Waals surface area contributed by atoms with Gasteiger partial charge in [0, 0.05) is 17.1 Å². The average Bonchev–Trinajstić information content (AvgIpc) is 2.05. The van der Waals surface area contributed by atoms with Crippen molar-refractivity contribution in [1.82, 2.24) is 5.32 Å². The second kappa shape index (κ2) is 3.53. The molecule has 1 radical (unpaired) electrons. The molecule has 0 aliphatic carbocycles. The van der Waals surface area contributed by atoms with Gasteiger partial charge in [-0.1, -0.05) is 15.9 Å². The first-order valence-corrected chi connectivity index (χ1v) is 3.92. The molecular formula is C8H7BrNO. The average molecular weight is 213 g/mol. The van der Waals surface area contributed by atoms with Crippen molar-refractivity contribution in [3.05, 3.63) is 34.3 Å². The van der Waals surface area contributed by atoms with Gasteiger partial charge in [-0.05, 0) is 24.3 Å². The lowest BCUT2D eigenvalue weighted by Crippen LogP contribution is -2.17. The Hall–Kier alpha value is -0.830. The van der Waals surface area contributed by atoms with Crippen LogP contribution >= 0.6 is 15.9 Å². The van der Waals surface area contributed by atoms with Crippen LogP contribution in [0.25, 0.3) is 0 Å². The van der Waals surface area contributed by atoms with Crippen molar-refractivity contribution >= 4 is 21.8 Å². The molecule has 0 aromatic heterocycles. The van der Waals surface area contributed by atoms with Gasteiger partial charge in [0.2, 0.25) is 0 Å². The minimum absolute atomic E-state index is 0.113. The number of hydrogen-bond acceptors (Lipinski definition) is 1. The fraction of sp³-hybridized carbons (Fsp3) is 0.125. The lowest BCUT2D eigenvalue weighted by atomic mass is 10.2. The first-order valence-electron chi connectivity index (χ1n) is 3.13. The zero-order valence-corrected chi connectivity index (χ0v) is 7.60. The van der Waals surface area contributed by atoms with E-state index in [0.717, 1.165) is 4.47 Å². The summed E-state index contributed by atoms with van der Waals surface area (Å²) in [4.78, 5) is 11.0. The van der Waals surface area contributed by atoms with Crippen molar-refractivity contribution in [1.29, 1.82) is 0 Å². The summed E-state index contributed by atoms with van der Waals surface area (Å²) < 4.78 is 0.921. The summed E-state index contributed by atoms with van der Waals surface area (Å²) in [5.74, 6) is -0.113. The molecular weight excluding hydrogens is 206 g/mol. The van der Waals surface area contributed by atoms with Gasteiger partial charge < -0.3 is 5.32 Å². The van der Waals surface area contributed by atoms with Crippen LogP contribution in [0.1, 0.15) is 10.4 Å². The standard InChI is InChI=1S/C8H7BrNO/c1-10-8(11)6-2-4-7(9)5-3-6/h2,4-5H,1H3,(H,10,11). The second-order valence-corrected chi connectivity index (χ2v) is 2.92. The van der Waals surface area contributed by atoms with E-state index >= 15 is 0 Å². The van der Waals surface area contributed by atoms with Gasteiger partial charge in [0.05, 0.1) is 0 Å². The Morgan fingerprint density at radius 3 is 2.82 bits per heavy atom. The fourth-order valence-electron chi connectivity index (χ4n) is 0.682. The van der Waals surface area contributed by atoms with Gasteiger partial charge in [-0.15, -0.1) is 0 Å². The number of hydrogen-bond donors (Lipinski definition) is 1. The van der Waals surface area contributed by atoms with Gasteiger partial charge in [0.1, 0.15) is 0 Å². The summed E-state index contributed by atoms with van der Waals surface area (Å²) in [5, 5.41) is 2.52. The molecule has 11 heavy (non-hydrogen) atoms. The molecule has 0 saturated heterocycles. The summed E-state index contributed by atoms with van der Waals surface area (Å²) >= 11 is 3.25. The fourth-order valence-corrected chi connectivity index (χ4v) is 0.928. The zero-order valence-electron chi connectivity index (χ0n) is 6.02. The molecule has 0 atom stereocenters. The second-order valence-electron chi connectivity index (χ2n) is 2.00. The monoisotopic (exact) mass is 212 g/mol. The van der Waals surface area contributed by atoms with Crippen molar-refractivity contribution in [3.8, 4) is 0 Å². The quantitative estimate of drug-likeness (QED) is 0.754. The van der Waals surface area contributed by atoms with E-state index in [2.05, 4.69) is 27.3 Å². The summed E-state index contributed by atoms with van der Waals surface area (Å²) in [6.45, 7) is 0. The van der Waals surface area contributed by atoms with Gasteiger partial charge in [0.15, 0.2) is 0 Å². The summed E-state index contributed by atoms with van der Waals surface area (Å²) in [5.41, 5.74) is 0.552. The molecule has 0 bridgehead atoms. The number of carbonyl (C=O) groups excluding carboxylic acids is 1. The van der Waals surface area contributed by atoms with E-state index < -0.39 is 0 Å². The van der Waals surface area contributed by atoms with Crippen molar-refractivity contribution in [2.24, 2.45) is 0 Å². The van der Waals surface area contributed by atoms with Crippen LogP contribution in [0.2, 0.25) is 0 Å². The maximum Gasteiger partial charge on any atom is 0.251 e. The lowest BCUT2D eigenvalue weighted by Gasteiger charge is -1.97. The highest BCUT2D eigenvalue weighted by Crippen LogP contribution is 2.09. The van der Waals surface area contributed by atoms with Crippen molar-refractivity contribution in [2.75, 3.05) is 7.05 Å². The molecule has 0 fully saturated rings. The molecule has 0 aliphatic heterocycles. The number of carbonyl (C=O) groups is 1. The number of amides is 1. The minimum Gasteiger partial charge on any atom is -0.355 e. The molecule has 1 aromatic rings. The maximum atomic E-state index is 11.0. The van der Waals surface area contributed by atoms with Gasteiger partial charge in [0.25, 0.3) is 5.91 Å². The Bertz CT molecular complexity index is 255. The van der Waals surface area contributed by atoms with Crippen LogP contribution in [0.4, 0.5) is 0 Å². The molecule has 1 amide bonds. The van der Waals surface area contributed by atoms with E-state index in [-0.39, 0.29) is 5.91 Å². The van der Waals surface area contributed by atoms with Crippen LogP contribution in [0.15, 0.2) is 22.7 Å². The van der Waals surface area contributed by atoms with E-state index in [4.69, 9.17) is 0 Å². The Labute approximate surface area is 73.7 Å². The largest absolute Gasteiger partial charge is 0.355 e. The van der Waals surface area contributed by atoms with Crippen molar-refractivity contribution in [2.45, 2.75) is 0 Å². The van der Waals surface area contributed by atoms with E-state index in [1.54, 1.807) is 25.2 Å². The zero-order chi connectivity index (χ0) is 8.27. The first kappa shape index (κ1) is 8.27. The van der Waals surface area contributed by atoms with E-state index in [1.165, 1.54) is 0 Å². The SMILES string of the molecule is CNC(=O)c1[c]cc(Br)cc1. The summed E-state index contributed by atoms with van der Waals surface area (Å²) in [6.07, 6.45) is 0. The predicted octanol–water partition coefficient (Wildman–Crippen LogP) is 1.61. The molecule has 0 unspecified atom stereocenters. The Kier molecular flexibility index (Phi) is 2.65. The van der Waals surface area contributed by atoms with Crippen LogP contribution in [-0.4, -0.2) is 13.0 Å². The van der Waals surface area contributed by atoms with Gasteiger partial charge in [-0.2, -0.15) is 0 Å². The van der Waals surface area contributed by atoms with Crippen LogP contribution in [0.5, 0.6) is 0 Å². The molecule has 1 N–H and O–H groups in total. The number of rotatable bonds is 1. The highest BCUT2D eigenvalue weighted by atomic mass is 79.9. The van der Waals surface area contributed by atoms with Crippen LogP contribution in [-0.2, 0) is 0 Å². The predicted molar refractivity (Wildman–Crippen MR) is 46.4 cm³/mol. The molecule has 57 valence electrons. The smallest absolute Gasteiger partial charge is 0.251 e. The molecule has 0 saturated carbocycles. The normalized spacial score (nSPS) is 9.27. The van der Waals surface area contributed by atoms with E-state index in [1.807, 2.05) is 0 Å². The number of halogens is 1. The third-order valence-electron chi connectivity index (χ3n) is 1.25. The van der Waals surface area contributed by atoms with Gasteiger partial charge >= 0.3 is 0 Å². The maximum absolute atomic E-state index is 11.0. The van der Waals surface area contributed by atoms with Crippen LogP contribution < -0.4 is 5.32 Å². The van der Waals surface area contributed by atoms with Gasteiger partial charge in [-0.3, -0.25) is 4.79 Å². The molecule has 0 aliphatic rings. The Balaban J connectivity index is 2.90. The topological polar surface area (TPSA) is 29.1 Å². The third kappa shape index (κ3) is 2.05. The van der Waals surface area contributed by atoms with E-state index in [0.29, 0.717) is 5.56 Å². The van der Waals surface area contributed by atoms with Crippen LogP contribution in [0.3, 0.4) is 0 Å². The highest BCUT2D eigenvalue weighted by molar-refractivity contribution is 9.10. The number of benzene rings is 1. The Morgan fingerprint density at radius 2 is 2.36 bits per heavy atom. The molecule has 0 spiro atoms. The Morgan fingerprint density at radius 1 is 1.64 bits per heavy atom. The highest BCUT2D eigenvalue weighted by Gasteiger charge is 2.00.